The Labute approximate surface area is 112 Å². The monoisotopic (exact) mass is 263 g/mol. The van der Waals surface area contributed by atoms with Crippen molar-refractivity contribution in [3.05, 3.63) is 52.2 Å². The molecular formula is C14H17NO4. The molecule has 1 aromatic carbocycles. The molecule has 19 heavy (non-hydrogen) atoms. The van der Waals surface area contributed by atoms with Crippen molar-refractivity contribution in [2.45, 2.75) is 13.3 Å². The van der Waals surface area contributed by atoms with Gasteiger partial charge < -0.3 is 9.47 Å². The first kappa shape index (κ1) is 14.8. The summed E-state index contributed by atoms with van der Waals surface area (Å²) in [5, 5.41) is 10.8. The predicted molar refractivity (Wildman–Crippen MR) is 73.9 cm³/mol. The van der Waals surface area contributed by atoms with Crippen molar-refractivity contribution >= 4 is 6.08 Å². The molecule has 0 aliphatic carbocycles. The van der Waals surface area contributed by atoms with E-state index in [1.54, 1.807) is 31.2 Å². The topological polar surface area (TPSA) is 61.6 Å². The molecule has 0 aromatic heterocycles. The molecule has 0 N–H and O–H groups in total. The minimum atomic E-state index is -0.380. The van der Waals surface area contributed by atoms with Crippen LogP contribution >= 0.6 is 0 Å². The van der Waals surface area contributed by atoms with Crippen LogP contribution in [0.1, 0.15) is 18.9 Å². The quantitative estimate of drug-likeness (QED) is 0.430. The number of hydrogen-bond donors (Lipinski definition) is 0. The van der Waals surface area contributed by atoms with Crippen molar-refractivity contribution in [1.29, 1.82) is 0 Å². The normalized spacial score (nSPS) is 10.9. The molecule has 0 heterocycles. The molecule has 0 atom stereocenters. The van der Waals surface area contributed by atoms with Crippen LogP contribution in [-0.2, 0) is 0 Å². The molecule has 0 amide bonds. The molecule has 0 spiro atoms. The van der Waals surface area contributed by atoms with Gasteiger partial charge in [-0.05, 0) is 17.7 Å². The predicted octanol–water partition coefficient (Wildman–Crippen LogP) is 3.29. The van der Waals surface area contributed by atoms with Gasteiger partial charge in [0, 0.05) is 12.5 Å². The number of ether oxygens (including phenoxy) is 2. The van der Waals surface area contributed by atoms with E-state index in [0.29, 0.717) is 30.1 Å². The minimum absolute atomic E-state index is 0.154. The van der Waals surface area contributed by atoms with Crippen LogP contribution in [0.2, 0.25) is 0 Å². The number of nitro groups is 1. The Hall–Kier alpha value is -2.30. The first-order valence-corrected chi connectivity index (χ1v) is 5.89. The van der Waals surface area contributed by atoms with E-state index < -0.39 is 0 Å². The second-order valence-corrected chi connectivity index (χ2v) is 3.76. The Morgan fingerprint density at radius 1 is 1.47 bits per heavy atom. The summed E-state index contributed by atoms with van der Waals surface area (Å²) in [6.45, 7) is 5.69. The standard InChI is InChI=1S/C14H17NO4/c1-4-8-19-13-7-6-11(10-14(13)18-3)9-12(5-2)15(16)17/h4,6-7,9-10H,1,5,8H2,2-3H3/b12-9+. The Kier molecular flexibility index (Phi) is 5.60. The third-order valence-electron chi connectivity index (χ3n) is 2.47. The Balaban J connectivity index is 3.05. The summed E-state index contributed by atoms with van der Waals surface area (Å²) in [4.78, 5) is 10.4. The van der Waals surface area contributed by atoms with Gasteiger partial charge in [-0.15, -0.1) is 0 Å². The van der Waals surface area contributed by atoms with Crippen LogP contribution in [0.4, 0.5) is 0 Å². The van der Waals surface area contributed by atoms with Gasteiger partial charge in [-0.25, -0.2) is 0 Å². The van der Waals surface area contributed by atoms with E-state index in [9.17, 15) is 10.1 Å². The lowest BCUT2D eigenvalue weighted by molar-refractivity contribution is -0.425. The van der Waals surface area contributed by atoms with Gasteiger partial charge in [-0.3, -0.25) is 10.1 Å². The summed E-state index contributed by atoms with van der Waals surface area (Å²) in [6.07, 6.45) is 3.53. The second kappa shape index (κ2) is 7.20. The second-order valence-electron chi connectivity index (χ2n) is 3.76. The van der Waals surface area contributed by atoms with Crippen molar-refractivity contribution in [2.24, 2.45) is 0 Å². The fraction of sp³-hybridized carbons (Fsp3) is 0.286. The number of benzene rings is 1. The molecule has 1 aromatic rings. The summed E-state index contributed by atoms with van der Waals surface area (Å²) in [5.41, 5.74) is 0.859. The van der Waals surface area contributed by atoms with E-state index in [4.69, 9.17) is 9.47 Å². The molecule has 0 bridgehead atoms. The highest BCUT2D eigenvalue weighted by Gasteiger charge is 2.09. The smallest absolute Gasteiger partial charge is 0.246 e. The number of allylic oxidation sites excluding steroid dienone is 1. The van der Waals surface area contributed by atoms with Gasteiger partial charge in [0.1, 0.15) is 6.61 Å². The summed E-state index contributed by atoms with van der Waals surface area (Å²) in [6, 6.07) is 5.18. The summed E-state index contributed by atoms with van der Waals surface area (Å²) in [7, 11) is 1.53. The van der Waals surface area contributed by atoms with Gasteiger partial charge in [0.2, 0.25) is 5.70 Å². The van der Waals surface area contributed by atoms with Gasteiger partial charge in [0.25, 0.3) is 0 Å². The maximum atomic E-state index is 10.8. The van der Waals surface area contributed by atoms with Gasteiger partial charge in [0.15, 0.2) is 11.5 Å². The van der Waals surface area contributed by atoms with Crippen molar-refractivity contribution in [2.75, 3.05) is 13.7 Å². The Morgan fingerprint density at radius 3 is 2.74 bits per heavy atom. The summed E-state index contributed by atoms with van der Waals surface area (Å²) >= 11 is 0. The molecule has 0 saturated heterocycles. The van der Waals surface area contributed by atoms with Crippen molar-refractivity contribution in [1.82, 2.24) is 0 Å². The van der Waals surface area contributed by atoms with Crippen molar-refractivity contribution < 1.29 is 14.4 Å². The zero-order chi connectivity index (χ0) is 14.3. The van der Waals surface area contributed by atoms with Crippen LogP contribution in [0.25, 0.3) is 6.08 Å². The first-order chi connectivity index (χ1) is 9.12. The molecule has 0 radical (unpaired) electrons. The fourth-order valence-electron chi connectivity index (χ4n) is 1.52. The van der Waals surface area contributed by atoms with Gasteiger partial charge in [-0.1, -0.05) is 25.6 Å². The van der Waals surface area contributed by atoms with Crippen LogP contribution in [0.5, 0.6) is 11.5 Å². The molecule has 0 saturated carbocycles. The summed E-state index contributed by atoms with van der Waals surface area (Å²) < 4.78 is 10.6. The maximum Gasteiger partial charge on any atom is 0.246 e. The SMILES string of the molecule is C=CCOc1ccc(/C=C(\CC)[N+](=O)[O-])cc1OC. The molecule has 102 valence electrons. The average Bonchev–Trinajstić information content (AvgIpc) is 2.42. The summed E-state index contributed by atoms with van der Waals surface area (Å²) in [5.74, 6) is 1.12. The van der Waals surface area contributed by atoms with E-state index in [1.165, 1.54) is 13.2 Å². The molecule has 5 heteroatoms. The van der Waals surface area contributed by atoms with Crippen LogP contribution in [0.15, 0.2) is 36.6 Å². The zero-order valence-electron chi connectivity index (χ0n) is 11.1. The molecule has 1 rings (SSSR count). The lowest BCUT2D eigenvalue weighted by Crippen LogP contribution is -1.98. The number of hydrogen-bond acceptors (Lipinski definition) is 4. The van der Waals surface area contributed by atoms with E-state index in [2.05, 4.69) is 6.58 Å². The minimum Gasteiger partial charge on any atom is -0.493 e. The Morgan fingerprint density at radius 2 is 2.21 bits per heavy atom. The fourth-order valence-corrected chi connectivity index (χ4v) is 1.52. The number of rotatable bonds is 7. The molecule has 0 aliphatic rings. The molecular weight excluding hydrogens is 246 g/mol. The van der Waals surface area contributed by atoms with E-state index in [0.717, 1.165) is 0 Å². The van der Waals surface area contributed by atoms with E-state index in [1.807, 2.05) is 0 Å². The van der Waals surface area contributed by atoms with Gasteiger partial charge >= 0.3 is 0 Å². The van der Waals surface area contributed by atoms with Crippen molar-refractivity contribution in [3.63, 3.8) is 0 Å². The highest BCUT2D eigenvalue weighted by molar-refractivity contribution is 5.57. The first-order valence-electron chi connectivity index (χ1n) is 5.89. The highest BCUT2D eigenvalue weighted by Crippen LogP contribution is 2.29. The highest BCUT2D eigenvalue weighted by atomic mass is 16.6. The molecule has 0 unspecified atom stereocenters. The van der Waals surface area contributed by atoms with Crippen molar-refractivity contribution in [3.8, 4) is 11.5 Å². The van der Waals surface area contributed by atoms with Gasteiger partial charge in [0.05, 0.1) is 12.0 Å². The number of methoxy groups -OCH3 is 1. The van der Waals surface area contributed by atoms with Crippen LogP contribution < -0.4 is 9.47 Å². The number of nitrogens with zero attached hydrogens (tertiary/aromatic N) is 1. The van der Waals surface area contributed by atoms with Crippen LogP contribution in [0.3, 0.4) is 0 Å². The molecule has 0 fully saturated rings. The lowest BCUT2D eigenvalue weighted by atomic mass is 10.1. The van der Waals surface area contributed by atoms with E-state index >= 15 is 0 Å². The lowest BCUT2D eigenvalue weighted by Gasteiger charge is -2.09. The maximum absolute atomic E-state index is 10.8. The molecule has 0 aliphatic heterocycles. The average molecular weight is 263 g/mol. The third kappa shape index (κ3) is 4.13. The van der Waals surface area contributed by atoms with Gasteiger partial charge in [-0.2, -0.15) is 0 Å². The third-order valence-corrected chi connectivity index (χ3v) is 2.47. The Bertz CT molecular complexity index is 494. The zero-order valence-corrected chi connectivity index (χ0v) is 11.1. The van der Waals surface area contributed by atoms with Crippen LogP contribution in [-0.4, -0.2) is 18.6 Å². The molecule has 5 nitrogen and oxygen atoms in total. The van der Waals surface area contributed by atoms with E-state index in [-0.39, 0.29) is 10.6 Å². The largest absolute Gasteiger partial charge is 0.493 e. The van der Waals surface area contributed by atoms with Crippen LogP contribution in [0, 0.1) is 10.1 Å².